The quantitative estimate of drug-likeness (QED) is 0.671. The SMILES string of the molecule is CN(Cc1ccccc1)C(=O)c1ccnc(NCCc2cccc(Cl)c2)n1. The summed E-state index contributed by atoms with van der Waals surface area (Å²) < 4.78 is 0. The van der Waals surface area contributed by atoms with Crippen LogP contribution in [0.5, 0.6) is 0 Å². The zero-order valence-corrected chi connectivity index (χ0v) is 15.9. The molecule has 1 aromatic heterocycles. The fraction of sp³-hybridized carbons (Fsp3) is 0.190. The standard InChI is InChI=1S/C21H21ClN4O/c1-26(15-17-6-3-2-4-7-17)20(27)19-11-13-24-21(25-19)23-12-10-16-8-5-9-18(22)14-16/h2-9,11,13-14H,10,12,15H2,1H3,(H,23,24,25). The number of hydrogen-bond donors (Lipinski definition) is 1. The van der Waals surface area contributed by atoms with Gasteiger partial charge in [0.15, 0.2) is 0 Å². The lowest BCUT2D eigenvalue weighted by Gasteiger charge is -2.17. The second-order valence-electron chi connectivity index (χ2n) is 6.22. The van der Waals surface area contributed by atoms with Gasteiger partial charge in [0.05, 0.1) is 0 Å². The zero-order chi connectivity index (χ0) is 19.1. The molecule has 0 aliphatic rings. The van der Waals surface area contributed by atoms with E-state index < -0.39 is 0 Å². The van der Waals surface area contributed by atoms with Crippen LogP contribution in [0.1, 0.15) is 21.6 Å². The van der Waals surface area contributed by atoms with Crippen molar-refractivity contribution in [3.63, 3.8) is 0 Å². The van der Waals surface area contributed by atoms with Crippen molar-refractivity contribution in [3.05, 3.63) is 88.7 Å². The Kier molecular flexibility index (Phi) is 6.39. The number of benzene rings is 2. The normalized spacial score (nSPS) is 10.4. The van der Waals surface area contributed by atoms with Gasteiger partial charge in [0.1, 0.15) is 5.69 Å². The van der Waals surface area contributed by atoms with Crippen LogP contribution in [0.3, 0.4) is 0 Å². The van der Waals surface area contributed by atoms with Gasteiger partial charge in [-0.3, -0.25) is 4.79 Å². The molecule has 6 heteroatoms. The van der Waals surface area contributed by atoms with E-state index in [9.17, 15) is 4.79 Å². The average Bonchev–Trinajstić information content (AvgIpc) is 2.68. The fourth-order valence-electron chi connectivity index (χ4n) is 2.70. The van der Waals surface area contributed by atoms with E-state index in [4.69, 9.17) is 11.6 Å². The second kappa shape index (κ2) is 9.14. The Balaban J connectivity index is 1.58. The first kappa shape index (κ1) is 18.9. The average molecular weight is 381 g/mol. The molecule has 0 fully saturated rings. The third-order valence-corrected chi connectivity index (χ3v) is 4.30. The van der Waals surface area contributed by atoms with Gasteiger partial charge in [-0.15, -0.1) is 0 Å². The van der Waals surface area contributed by atoms with Crippen LogP contribution in [0.25, 0.3) is 0 Å². The first-order chi connectivity index (χ1) is 13.1. The molecule has 0 aliphatic carbocycles. The second-order valence-corrected chi connectivity index (χ2v) is 6.66. The molecule has 0 aliphatic heterocycles. The summed E-state index contributed by atoms with van der Waals surface area (Å²) in [6.45, 7) is 1.18. The van der Waals surface area contributed by atoms with Crippen molar-refractivity contribution >= 4 is 23.5 Å². The highest BCUT2D eigenvalue weighted by atomic mass is 35.5. The highest BCUT2D eigenvalue weighted by molar-refractivity contribution is 6.30. The third-order valence-electron chi connectivity index (χ3n) is 4.07. The summed E-state index contributed by atoms with van der Waals surface area (Å²) in [7, 11) is 1.77. The Labute approximate surface area is 164 Å². The maximum Gasteiger partial charge on any atom is 0.272 e. The lowest BCUT2D eigenvalue weighted by atomic mass is 10.1. The molecule has 1 heterocycles. The van der Waals surface area contributed by atoms with E-state index in [1.54, 1.807) is 24.2 Å². The molecule has 27 heavy (non-hydrogen) atoms. The first-order valence-electron chi connectivity index (χ1n) is 8.72. The molecular formula is C21H21ClN4O. The summed E-state index contributed by atoms with van der Waals surface area (Å²) >= 11 is 6.00. The van der Waals surface area contributed by atoms with E-state index in [2.05, 4.69) is 15.3 Å². The number of halogens is 1. The third kappa shape index (κ3) is 5.53. The predicted octanol–water partition coefficient (Wildman–Crippen LogP) is 4.06. The topological polar surface area (TPSA) is 58.1 Å². The van der Waals surface area contributed by atoms with Crippen LogP contribution in [0.15, 0.2) is 66.9 Å². The van der Waals surface area contributed by atoms with Crippen LogP contribution in [0.2, 0.25) is 5.02 Å². The van der Waals surface area contributed by atoms with Crippen molar-refractivity contribution in [2.75, 3.05) is 18.9 Å². The van der Waals surface area contributed by atoms with Crippen molar-refractivity contribution in [2.45, 2.75) is 13.0 Å². The number of hydrogen-bond acceptors (Lipinski definition) is 4. The number of nitrogens with one attached hydrogen (secondary N) is 1. The fourth-order valence-corrected chi connectivity index (χ4v) is 2.91. The Morgan fingerprint density at radius 2 is 1.85 bits per heavy atom. The summed E-state index contributed by atoms with van der Waals surface area (Å²) in [4.78, 5) is 22.8. The number of rotatable bonds is 7. The number of carbonyl (C=O) groups is 1. The summed E-state index contributed by atoms with van der Waals surface area (Å²) in [5.41, 5.74) is 2.57. The van der Waals surface area contributed by atoms with E-state index in [1.807, 2.05) is 54.6 Å². The van der Waals surface area contributed by atoms with E-state index in [-0.39, 0.29) is 5.91 Å². The molecular weight excluding hydrogens is 360 g/mol. The molecule has 3 rings (SSSR count). The Morgan fingerprint density at radius 3 is 2.63 bits per heavy atom. The van der Waals surface area contributed by atoms with Crippen LogP contribution in [0, 0.1) is 0 Å². The van der Waals surface area contributed by atoms with Crippen molar-refractivity contribution in [3.8, 4) is 0 Å². The molecule has 1 N–H and O–H groups in total. The molecule has 0 radical (unpaired) electrons. The van der Waals surface area contributed by atoms with Crippen LogP contribution >= 0.6 is 11.6 Å². The van der Waals surface area contributed by atoms with E-state index in [0.717, 1.165) is 22.6 Å². The number of amides is 1. The molecule has 1 amide bonds. The maximum absolute atomic E-state index is 12.6. The van der Waals surface area contributed by atoms with E-state index in [1.165, 1.54) is 0 Å². The number of carbonyl (C=O) groups excluding carboxylic acids is 1. The molecule has 138 valence electrons. The van der Waals surface area contributed by atoms with Gasteiger partial charge < -0.3 is 10.2 Å². The summed E-state index contributed by atoms with van der Waals surface area (Å²) in [5, 5.41) is 3.88. The smallest absolute Gasteiger partial charge is 0.272 e. The molecule has 0 saturated carbocycles. The van der Waals surface area contributed by atoms with Crippen LogP contribution in [-0.4, -0.2) is 34.4 Å². The lowest BCUT2D eigenvalue weighted by molar-refractivity contribution is 0.0779. The molecule has 5 nitrogen and oxygen atoms in total. The molecule has 2 aromatic carbocycles. The number of aromatic nitrogens is 2. The number of nitrogens with zero attached hydrogens (tertiary/aromatic N) is 3. The maximum atomic E-state index is 12.6. The van der Waals surface area contributed by atoms with Crippen molar-refractivity contribution in [1.82, 2.24) is 14.9 Å². The minimum Gasteiger partial charge on any atom is -0.354 e. The Morgan fingerprint density at radius 1 is 1.07 bits per heavy atom. The summed E-state index contributed by atoms with van der Waals surface area (Å²) in [6, 6.07) is 19.2. The number of anilines is 1. The molecule has 0 spiro atoms. The van der Waals surface area contributed by atoms with Gasteiger partial charge in [0.25, 0.3) is 5.91 Å². The Bertz CT molecular complexity index is 901. The van der Waals surface area contributed by atoms with Crippen molar-refractivity contribution < 1.29 is 4.79 Å². The molecule has 0 atom stereocenters. The molecule has 0 saturated heterocycles. The van der Waals surface area contributed by atoms with Gasteiger partial charge in [0, 0.05) is 31.4 Å². The highest BCUT2D eigenvalue weighted by Crippen LogP contribution is 2.12. The van der Waals surface area contributed by atoms with Crippen molar-refractivity contribution in [2.24, 2.45) is 0 Å². The van der Waals surface area contributed by atoms with Gasteiger partial charge in [-0.25, -0.2) is 9.97 Å². The molecule has 3 aromatic rings. The monoisotopic (exact) mass is 380 g/mol. The highest BCUT2D eigenvalue weighted by Gasteiger charge is 2.14. The predicted molar refractivity (Wildman–Crippen MR) is 108 cm³/mol. The largest absolute Gasteiger partial charge is 0.354 e. The Hall–Kier alpha value is -2.92. The molecule has 0 bridgehead atoms. The van der Waals surface area contributed by atoms with Crippen molar-refractivity contribution in [1.29, 1.82) is 0 Å². The van der Waals surface area contributed by atoms with Gasteiger partial charge in [0.2, 0.25) is 5.95 Å². The van der Waals surface area contributed by atoms with Gasteiger partial charge in [-0.05, 0) is 35.7 Å². The van der Waals surface area contributed by atoms with E-state index >= 15 is 0 Å². The minimum atomic E-state index is -0.140. The zero-order valence-electron chi connectivity index (χ0n) is 15.1. The van der Waals surface area contributed by atoms with Crippen LogP contribution < -0.4 is 5.32 Å². The minimum absolute atomic E-state index is 0.140. The summed E-state index contributed by atoms with van der Waals surface area (Å²) in [6.07, 6.45) is 2.38. The van der Waals surface area contributed by atoms with Gasteiger partial charge in [-0.2, -0.15) is 0 Å². The lowest BCUT2D eigenvalue weighted by Crippen LogP contribution is -2.27. The van der Waals surface area contributed by atoms with Gasteiger partial charge >= 0.3 is 0 Å². The summed E-state index contributed by atoms with van der Waals surface area (Å²) in [5.74, 6) is 0.301. The molecule has 0 unspecified atom stereocenters. The first-order valence-corrected chi connectivity index (χ1v) is 9.10. The van der Waals surface area contributed by atoms with Crippen LogP contribution in [0.4, 0.5) is 5.95 Å². The van der Waals surface area contributed by atoms with Gasteiger partial charge in [-0.1, -0.05) is 54.1 Å². The van der Waals surface area contributed by atoms with Crippen LogP contribution in [-0.2, 0) is 13.0 Å². The van der Waals surface area contributed by atoms with E-state index in [0.29, 0.717) is 24.7 Å².